The van der Waals surface area contributed by atoms with E-state index in [4.69, 9.17) is 11.6 Å². The molecule has 33 heavy (non-hydrogen) atoms. The molecule has 1 unspecified atom stereocenters. The Morgan fingerprint density at radius 3 is 2.48 bits per heavy atom. The predicted octanol–water partition coefficient (Wildman–Crippen LogP) is 5.70. The number of pyridine rings is 1. The summed E-state index contributed by atoms with van der Waals surface area (Å²) in [5.41, 5.74) is 4.94. The summed E-state index contributed by atoms with van der Waals surface area (Å²) in [6.07, 6.45) is 3.00. The minimum Gasteiger partial charge on any atom is -0.355 e. The molecule has 162 valence electrons. The van der Waals surface area contributed by atoms with Crippen molar-refractivity contribution in [2.75, 3.05) is 0 Å². The summed E-state index contributed by atoms with van der Waals surface area (Å²) >= 11 is 6.42. The molecule has 1 fully saturated rings. The molecule has 5 nitrogen and oxygen atoms in total. The summed E-state index contributed by atoms with van der Waals surface area (Å²) < 4.78 is 0. The number of amides is 1. The molecule has 1 saturated heterocycles. The number of aryl methyl sites for hydroxylation is 1. The molecule has 1 aliphatic heterocycles. The summed E-state index contributed by atoms with van der Waals surface area (Å²) in [6, 6.07) is 27.4. The average molecular weight is 453 g/mol. The summed E-state index contributed by atoms with van der Waals surface area (Å²) in [4.78, 5) is 17.8. The van der Waals surface area contributed by atoms with Gasteiger partial charge in [0.05, 0.1) is 11.7 Å². The molecular weight excluding hydrogens is 432 g/mol. The number of carbonyl (C=O) groups is 1. The Morgan fingerprint density at radius 1 is 1.00 bits per heavy atom. The zero-order chi connectivity index (χ0) is 22.8. The van der Waals surface area contributed by atoms with Gasteiger partial charge in [-0.05, 0) is 42.3 Å². The quantitative estimate of drug-likeness (QED) is 0.245. The van der Waals surface area contributed by atoms with E-state index in [9.17, 15) is 4.79 Å². The van der Waals surface area contributed by atoms with Crippen molar-refractivity contribution in [2.45, 2.75) is 13.1 Å². The summed E-state index contributed by atoms with van der Waals surface area (Å²) in [5.74, 6) is -0.218. The standard InChI is InChI=1S/C27H21ClN4O/c1-18-12-13-23-21(14-18)16-22(25(28)30-23)17-29-32-26(20-10-6-3-7-11-20)31-24(27(32)33)15-19-8-4-2-5-9-19/h2-17,26,31H,1H3/b24-15-,29-17+. The van der Waals surface area contributed by atoms with Gasteiger partial charge in [0.15, 0.2) is 6.17 Å². The minimum absolute atomic E-state index is 0.218. The molecule has 5 rings (SSSR count). The monoisotopic (exact) mass is 452 g/mol. The first-order chi connectivity index (χ1) is 16.1. The number of halogens is 1. The van der Waals surface area contributed by atoms with E-state index in [0.29, 0.717) is 16.4 Å². The Hall–Kier alpha value is -3.96. The second-order valence-electron chi connectivity index (χ2n) is 7.89. The van der Waals surface area contributed by atoms with Gasteiger partial charge < -0.3 is 5.32 Å². The normalized spacial score (nSPS) is 17.3. The molecule has 1 aromatic heterocycles. The molecule has 0 bridgehead atoms. The number of nitrogens with one attached hydrogen (secondary N) is 1. The number of benzene rings is 3. The van der Waals surface area contributed by atoms with Crippen LogP contribution in [0.1, 0.15) is 28.4 Å². The highest BCUT2D eigenvalue weighted by Gasteiger charge is 2.35. The van der Waals surface area contributed by atoms with E-state index in [1.54, 1.807) is 6.21 Å². The molecule has 1 atom stereocenters. The molecule has 2 heterocycles. The molecule has 0 saturated carbocycles. The molecule has 1 aliphatic rings. The Kier molecular flexibility index (Phi) is 5.63. The van der Waals surface area contributed by atoms with E-state index in [-0.39, 0.29) is 5.91 Å². The van der Waals surface area contributed by atoms with Gasteiger partial charge in [-0.3, -0.25) is 4.79 Å². The van der Waals surface area contributed by atoms with E-state index < -0.39 is 6.17 Å². The van der Waals surface area contributed by atoms with Gasteiger partial charge in [-0.15, -0.1) is 0 Å². The highest BCUT2D eigenvalue weighted by molar-refractivity contribution is 6.32. The van der Waals surface area contributed by atoms with Crippen LogP contribution in [0, 0.1) is 6.92 Å². The maximum atomic E-state index is 13.3. The van der Waals surface area contributed by atoms with Crippen LogP contribution < -0.4 is 5.32 Å². The van der Waals surface area contributed by atoms with Crippen LogP contribution in [0.4, 0.5) is 0 Å². The number of hydrazone groups is 1. The Labute approximate surface area is 197 Å². The van der Waals surface area contributed by atoms with Crippen molar-refractivity contribution in [3.05, 3.63) is 118 Å². The van der Waals surface area contributed by atoms with Crippen molar-refractivity contribution >= 4 is 40.7 Å². The van der Waals surface area contributed by atoms with Gasteiger partial charge in [0.1, 0.15) is 10.9 Å². The van der Waals surface area contributed by atoms with Crippen LogP contribution in [0.15, 0.2) is 95.7 Å². The number of hydrogen-bond acceptors (Lipinski definition) is 4. The van der Waals surface area contributed by atoms with Crippen LogP contribution in [0.5, 0.6) is 0 Å². The van der Waals surface area contributed by atoms with Gasteiger partial charge in [-0.1, -0.05) is 83.9 Å². The van der Waals surface area contributed by atoms with E-state index in [1.165, 1.54) is 5.01 Å². The third-order valence-electron chi connectivity index (χ3n) is 5.47. The van der Waals surface area contributed by atoms with Crippen molar-refractivity contribution in [2.24, 2.45) is 5.10 Å². The van der Waals surface area contributed by atoms with Crippen molar-refractivity contribution in [3.63, 3.8) is 0 Å². The van der Waals surface area contributed by atoms with E-state index >= 15 is 0 Å². The van der Waals surface area contributed by atoms with Crippen LogP contribution >= 0.6 is 11.6 Å². The summed E-state index contributed by atoms with van der Waals surface area (Å²) in [7, 11) is 0. The van der Waals surface area contributed by atoms with Crippen molar-refractivity contribution in [1.29, 1.82) is 0 Å². The van der Waals surface area contributed by atoms with Crippen molar-refractivity contribution < 1.29 is 4.79 Å². The maximum absolute atomic E-state index is 13.3. The molecular formula is C27H21ClN4O. The first kappa shape index (κ1) is 20.9. The fourth-order valence-corrected chi connectivity index (χ4v) is 4.01. The fourth-order valence-electron chi connectivity index (χ4n) is 3.81. The van der Waals surface area contributed by atoms with Gasteiger partial charge >= 0.3 is 0 Å². The van der Waals surface area contributed by atoms with Gasteiger partial charge in [0.2, 0.25) is 0 Å². The van der Waals surface area contributed by atoms with Crippen molar-refractivity contribution in [3.8, 4) is 0 Å². The highest BCUT2D eigenvalue weighted by atomic mass is 35.5. The molecule has 0 spiro atoms. The fraction of sp³-hybridized carbons (Fsp3) is 0.0741. The molecule has 0 aliphatic carbocycles. The summed E-state index contributed by atoms with van der Waals surface area (Å²) in [6.45, 7) is 2.03. The number of fused-ring (bicyclic) bond motifs is 1. The highest BCUT2D eigenvalue weighted by Crippen LogP contribution is 2.29. The topological polar surface area (TPSA) is 57.6 Å². The lowest BCUT2D eigenvalue weighted by molar-refractivity contribution is -0.126. The minimum atomic E-state index is -0.431. The van der Waals surface area contributed by atoms with Gasteiger partial charge in [0.25, 0.3) is 5.91 Å². The van der Waals surface area contributed by atoms with E-state index in [2.05, 4.69) is 15.4 Å². The number of rotatable bonds is 4. The second-order valence-corrected chi connectivity index (χ2v) is 8.24. The summed E-state index contributed by atoms with van der Waals surface area (Å²) in [5, 5.41) is 10.6. The van der Waals surface area contributed by atoms with E-state index in [1.807, 2.05) is 97.9 Å². The average Bonchev–Trinajstić information content (AvgIpc) is 3.14. The largest absolute Gasteiger partial charge is 0.355 e. The second kappa shape index (κ2) is 8.88. The molecule has 6 heteroatoms. The van der Waals surface area contributed by atoms with Gasteiger partial charge in [-0.2, -0.15) is 5.10 Å². The first-order valence-electron chi connectivity index (χ1n) is 10.6. The van der Waals surface area contributed by atoms with E-state index in [0.717, 1.165) is 27.6 Å². The van der Waals surface area contributed by atoms with Crippen LogP contribution in [-0.2, 0) is 4.79 Å². The lowest BCUT2D eigenvalue weighted by atomic mass is 10.1. The number of aromatic nitrogens is 1. The number of nitrogens with zero attached hydrogens (tertiary/aromatic N) is 3. The molecule has 0 radical (unpaired) electrons. The Bertz CT molecular complexity index is 1380. The molecule has 1 amide bonds. The molecule has 3 aromatic carbocycles. The van der Waals surface area contributed by atoms with Crippen LogP contribution in [0.2, 0.25) is 5.15 Å². The Balaban J connectivity index is 1.52. The third kappa shape index (κ3) is 4.36. The lowest BCUT2D eigenvalue weighted by Gasteiger charge is -2.19. The van der Waals surface area contributed by atoms with Gasteiger partial charge in [-0.25, -0.2) is 9.99 Å². The van der Waals surface area contributed by atoms with Crippen LogP contribution in [-0.4, -0.2) is 22.1 Å². The lowest BCUT2D eigenvalue weighted by Crippen LogP contribution is -2.25. The molecule has 1 N–H and O–H groups in total. The zero-order valence-electron chi connectivity index (χ0n) is 17.9. The number of carbonyl (C=O) groups excluding carboxylic acids is 1. The third-order valence-corrected chi connectivity index (χ3v) is 5.78. The molecule has 4 aromatic rings. The number of hydrogen-bond donors (Lipinski definition) is 1. The van der Waals surface area contributed by atoms with Crippen LogP contribution in [0.3, 0.4) is 0 Å². The predicted molar refractivity (Wildman–Crippen MR) is 133 cm³/mol. The van der Waals surface area contributed by atoms with Gasteiger partial charge in [0, 0.05) is 10.9 Å². The first-order valence-corrected chi connectivity index (χ1v) is 11.0. The SMILES string of the molecule is Cc1ccc2nc(Cl)c(/C=N/N3C(=O)/C(=C/c4ccccc4)NC3c3ccccc3)cc2c1. The van der Waals surface area contributed by atoms with Crippen LogP contribution in [0.25, 0.3) is 17.0 Å². The smallest absolute Gasteiger partial charge is 0.292 e. The maximum Gasteiger partial charge on any atom is 0.292 e. The Morgan fingerprint density at radius 2 is 1.73 bits per heavy atom. The zero-order valence-corrected chi connectivity index (χ0v) is 18.7. The van der Waals surface area contributed by atoms with Crippen molar-refractivity contribution in [1.82, 2.24) is 15.3 Å².